The third kappa shape index (κ3) is 2.97. The van der Waals surface area contributed by atoms with E-state index in [9.17, 15) is 5.11 Å². The van der Waals surface area contributed by atoms with E-state index in [1.54, 1.807) is 0 Å². The molecule has 1 aliphatic rings. The molecule has 0 atom stereocenters. The molecule has 2 heterocycles. The highest BCUT2D eigenvalue weighted by atomic mass is 16.3. The van der Waals surface area contributed by atoms with Crippen molar-refractivity contribution in [3.8, 4) is 0 Å². The van der Waals surface area contributed by atoms with Gasteiger partial charge in [0.05, 0.1) is 6.61 Å². The summed E-state index contributed by atoms with van der Waals surface area (Å²) in [6.07, 6.45) is 5.47. The summed E-state index contributed by atoms with van der Waals surface area (Å²) in [4.78, 5) is 6.75. The maximum absolute atomic E-state index is 9.36. The smallest absolute Gasteiger partial charge is 0.134 e. The molecule has 17 heavy (non-hydrogen) atoms. The molecule has 3 heteroatoms. The molecule has 1 aromatic heterocycles. The van der Waals surface area contributed by atoms with E-state index in [4.69, 9.17) is 0 Å². The first-order chi connectivity index (χ1) is 8.12. The average molecular weight is 234 g/mol. The zero-order valence-electron chi connectivity index (χ0n) is 10.8. The molecule has 0 aliphatic carbocycles. The summed E-state index contributed by atoms with van der Waals surface area (Å²) < 4.78 is 0. The van der Waals surface area contributed by atoms with Gasteiger partial charge in [0.25, 0.3) is 0 Å². The normalized spacial score (nSPS) is 20.1. The first-order valence-corrected chi connectivity index (χ1v) is 6.42. The fraction of sp³-hybridized carbons (Fsp3) is 0.643. The molecule has 2 rings (SSSR count). The van der Waals surface area contributed by atoms with E-state index in [-0.39, 0.29) is 6.61 Å². The van der Waals surface area contributed by atoms with Crippen molar-refractivity contribution in [2.45, 2.75) is 39.7 Å². The molecule has 0 unspecified atom stereocenters. The van der Waals surface area contributed by atoms with Gasteiger partial charge in [0, 0.05) is 24.8 Å². The van der Waals surface area contributed by atoms with Crippen LogP contribution in [0.1, 0.15) is 38.7 Å². The number of rotatable bonds is 2. The van der Waals surface area contributed by atoms with Crippen LogP contribution in [0.3, 0.4) is 0 Å². The summed E-state index contributed by atoms with van der Waals surface area (Å²) in [7, 11) is 0. The molecule has 3 nitrogen and oxygen atoms in total. The van der Waals surface area contributed by atoms with Crippen molar-refractivity contribution in [1.29, 1.82) is 0 Å². The van der Waals surface area contributed by atoms with Crippen molar-refractivity contribution >= 4 is 5.82 Å². The van der Waals surface area contributed by atoms with Gasteiger partial charge in [0.2, 0.25) is 0 Å². The zero-order valence-corrected chi connectivity index (χ0v) is 10.8. The Morgan fingerprint density at radius 2 is 2.18 bits per heavy atom. The molecular formula is C14H22N2O. The topological polar surface area (TPSA) is 36.4 Å². The monoisotopic (exact) mass is 234 g/mol. The fourth-order valence-electron chi connectivity index (χ4n) is 2.47. The predicted molar refractivity (Wildman–Crippen MR) is 70.0 cm³/mol. The predicted octanol–water partition coefficient (Wildman–Crippen LogP) is 2.59. The van der Waals surface area contributed by atoms with Gasteiger partial charge in [-0.3, -0.25) is 0 Å². The van der Waals surface area contributed by atoms with E-state index in [0.717, 1.165) is 24.5 Å². The van der Waals surface area contributed by atoms with Crippen LogP contribution < -0.4 is 4.90 Å². The zero-order chi connectivity index (χ0) is 12.3. The summed E-state index contributed by atoms with van der Waals surface area (Å²) in [5.41, 5.74) is 1.37. The van der Waals surface area contributed by atoms with Crippen LogP contribution in [0.4, 0.5) is 5.82 Å². The van der Waals surface area contributed by atoms with Crippen LogP contribution in [0.25, 0.3) is 0 Å². The van der Waals surface area contributed by atoms with E-state index in [2.05, 4.69) is 23.7 Å². The number of anilines is 1. The lowest BCUT2D eigenvalue weighted by atomic mass is 9.85. The molecule has 0 saturated carbocycles. The fourth-order valence-corrected chi connectivity index (χ4v) is 2.47. The van der Waals surface area contributed by atoms with Gasteiger partial charge >= 0.3 is 0 Å². The molecule has 1 aromatic rings. The third-order valence-corrected chi connectivity index (χ3v) is 3.68. The van der Waals surface area contributed by atoms with Crippen LogP contribution >= 0.6 is 0 Å². The Labute approximate surface area is 103 Å². The Morgan fingerprint density at radius 3 is 2.94 bits per heavy atom. The van der Waals surface area contributed by atoms with Crippen LogP contribution in [-0.4, -0.2) is 23.2 Å². The molecule has 94 valence electrons. The lowest BCUT2D eigenvalue weighted by Crippen LogP contribution is -2.27. The Morgan fingerprint density at radius 1 is 1.35 bits per heavy atom. The lowest BCUT2D eigenvalue weighted by molar-refractivity contribution is 0.281. The van der Waals surface area contributed by atoms with Crippen molar-refractivity contribution in [1.82, 2.24) is 4.98 Å². The van der Waals surface area contributed by atoms with Crippen LogP contribution in [0, 0.1) is 5.41 Å². The van der Waals surface area contributed by atoms with E-state index >= 15 is 0 Å². The van der Waals surface area contributed by atoms with Gasteiger partial charge in [-0.05, 0) is 30.7 Å². The van der Waals surface area contributed by atoms with Crippen molar-refractivity contribution in [2.75, 3.05) is 18.0 Å². The van der Waals surface area contributed by atoms with E-state index < -0.39 is 0 Å². The summed E-state index contributed by atoms with van der Waals surface area (Å²) in [5.74, 6) is 0.965. The number of nitrogens with zero attached hydrogens (tertiary/aromatic N) is 2. The molecule has 1 saturated heterocycles. The molecule has 0 aromatic carbocycles. The van der Waals surface area contributed by atoms with Gasteiger partial charge in [-0.1, -0.05) is 19.9 Å². The largest absolute Gasteiger partial charge is 0.392 e. The molecule has 1 aliphatic heterocycles. The highest BCUT2D eigenvalue weighted by Gasteiger charge is 2.24. The summed E-state index contributed by atoms with van der Waals surface area (Å²) >= 11 is 0. The molecule has 1 N–H and O–H groups in total. The average Bonchev–Trinajstić information content (AvgIpc) is 2.50. The molecule has 1 fully saturated rings. The third-order valence-electron chi connectivity index (χ3n) is 3.68. The lowest BCUT2D eigenvalue weighted by Gasteiger charge is -2.25. The number of hydrogen-bond acceptors (Lipinski definition) is 3. The van der Waals surface area contributed by atoms with Crippen molar-refractivity contribution in [2.24, 2.45) is 5.41 Å². The number of hydrogen-bond donors (Lipinski definition) is 1. The summed E-state index contributed by atoms with van der Waals surface area (Å²) in [5, 5.41) is 9.36. The van der Waals surface area contributed by atoms with Crippen molar-refractivity contribution in [3.63, 3.8) is 0 Å². The second-order valence-corrected chi connectivity index (χ2v) is 5.65. The number of aromatic nitrogens is 1. The second-order valence-electron chi connectivity index (χ2n) is 5.65. The van der Waals surface area contributed by atoms with Crippen LogP contribution in [0.5, 0.6) is 0 Å². The maximum Gasteiger partial charge on any atom is 0.134 e. The highest BCUT2D eigenvalue weighted by molar-refractivity contribution is 5.46. The van der Waals surface area contributed by atoms with Gasteiger partial charge in [-0.25, -0.2) is 4.98 Å². The second kappa shape index (κ2) is 5.05. The SMILES string of the molecule is CC1(C)CCCN(c2ncccc2CO)CC1. The van der Waals surface area contributed by atoms with Gasteiger partial charge in [0.1, 0.15) is 5.82 Å². The summed E-state index contributed by atoms with van der Waals surface area (Å²) in [6.45, 7) is 6.83. The van der Waals surface area contributed by atoms with Crippen molar-refractivity contribution < 1.29 is 5.11 Å². The first-order valence-electron chi connectivity index (χ1n) is 6.42. The van der Waals surface area contributed by atoms with Gasteiger partial charge in [-0.15, -0.1) is 0 Å². The maximum atomic E-state index is 9.36. The van der Waals surface area contributed by atoms with Crippen LogP contribution in [0.15, 0.2) is 18.3 Å². The minimum Gasteiger partial charge on any atom is -0.392 e. The Kier molecular flexibility index (Phi) is 3.67. The number of pyridine rings is 1. The van der Waals surface area contributed by atoms with Gasteiger partial charge in [-0.2, -0.15) is 0 Å². The van der Waals surface area contributed by atoms with E-state index in [1.807, 2.05) is 18.3 Å². The van der Waals surface area contributed by atoms with Crippen LogP contribution in [-0.2, 0) is 6.61 Å². The number of aliphatic hydroxyl groups is 1. The molecule has 0 spiro atoms. The van der Waals surface area contributed by atoms with Crippen LogP contribution in [0.2, 0.25) is 0 Å². The Balaban J connectivity index is 2.17. The Hall–Kier alpha value is -1.09. The quantitative estimate of drug-likeness (QED) is 0.854. The van der Waals surface area contributed by atoms with Gasteiger partial charge < -0.3 is 10.0 Å². The molecule has 0 bridgehead atoms. The van der Waals surface area contributed by atoms with E-state index in [1.165, 1.54) is 19.3 Å². The van der Waals surface area contributed by atoms with Crippen molar-refractivity contribution in [3.05, 3.63) is 23.9 Å². The molecular weight excluding hydrogens is 212 g/mol. The minimum atomic E-state index is 0.0725. The number of aliphatic hydroxyl groups excluding tert-OH is 1. The summed E-state index contributed by atoms with van der Waals surface area (Å²) in [6, 6.07) is 3.84. The minimum absolute atomic E-state index is 0.0725. The Bertz CT molecular complexity index is 376. The first kappa shape index (κ1) is 12.4. The highest BCUT2D eigenvalue weighted by Crippen LogP contribution is 2.31. The molecule has 0 amide bonds. The van der Waals surface area contributed by atoms with Gasteiger partial charge in [0.15, 0.2) is 0 Å². The standard InChI is InChI=1S/C14H22N2O/c1-14(2)6-4-9-16(10-7-14)13-12(11-17)5-3-8-15-13/h3,5,8,17H,4,6-7,9-11H2,1-2H3. The van der Waals surface area contributed by atoms with E-state index in [0.29, 0.717) is 5.41 Å². The molecule has 0 radical (unpaired) electrons.